The Labute approximate surface area is 200 Å². The summed E-state index contributed by atoms with van der Waals surface area (Å²) in [6.45, 7) is 4.66. The van der Waals surface area contributed by atoms with Crippen molar-refractivity contribution in [2.45, 2.75) is 52.1 Å². The first-order valence-corrected chi connectivity index (χ1v) is 12.2. The summed E-state index contributed by atoms with van der Waals surface area (Å²) in [5.74, 6) is 0.524. The number of aromatic nitrogens is 2. The molecule has 0 unspecified atom stereocenters. The van der Waals surface area contributed by atoms with E-state index in [2.05, 4.69) is 18.3 Å². The normalized spacial score (nSPS) is 18.2. The third kappa shape index (κ3) is 4.43. The summed E-state index contributed by atoms with van der Waals surface area (Å²) in [4.78, 5) is 27.2. The molecule has 1 amide bonds. The molecular formula is C29H31N3O2. The quantitative estimate of drug-likeness (QED) is 0.438. The molecule has 5 heteroatoms. The number of fused-ring (bicyclic) bond motifs is 1. The maximum absolute atomic E-state index is 13.7. The molecule has 2 aromatic carbocycles. The summed E-state index contributed by atoms with van der Waals surface area (Å²) in [5, 5.41) is 3.22. The molecule has 174 valence electrons. The number of benzene rings is 2. The Hall–Kier alpha value is -3.60. The Balaban J connectivity index is 1.60. The average Bonchev–Trinajstić information content (AvgIpc) is 3.27. The fourth-order valence-electron chi connectivity index (χ4n) is 5.04. The number of rotatable bonds is 5. The molecule has 1 N–H and O–H groups in total. The van der Waals surface area contributed by atoms with Gasteiger partial charge in [0.25, 0.3) is 11.5 Å². The number of hydrogen-bond donors (Lipinski definition) is 1. The molecule has 0 aliphatic heterocycles. The Bertz CT molecular complexity index is 1380. The molecule has 1 saturated carbocycles. The van der Waals surface area contributed by atoms with Gasteiger partial charge >= 0.3 is 0 Å². The van der Waals surface area contributed by atoms with E-state index < -0.39 is 0 Å². The highest BCUT2D eigenvalue weighted by molar-refractivity contribution is 5.93. The van der Waals surface area contributed by atoms with E-state index in [0.717, 1.165) is 48.1 Å². The number of amides is 1. The molecule has 5 rings (SSSR count). The van der Waals surface area contributed by atoms with Gasteiger partial charge in [0.05, 0.1) is 12.2 Å². The Morgan fingerprint density at radius 2 is 1.74 bits per heavy atom. The highest BCUT2D eigenvalue weighted by Gasteiger charge is 2.23. The van der Waals surface area contributed by atoms with E-state index in [1.807, 2.05) is 78.2 Å². The second-order valence-corrected chi connectivity index (χ2v) is 9.66. The highest BCUT2D eigenvalue weighted by atomic mass is 16.2. The van der Waals surface area contributed by atoms with E-state index in [-0.39, 0.29) is 17.5 Å². The van der Waals surface area contributed by atoms with Crippen molar-refractivity contribution in [2.24, 2.45) is 5.92 Å². The Morgan fingerprint density at radius 1 is 0.971 bits per heavy atom. The molecule has 1 fully saturated rings. The second-order valence-electron chi connectivity index (χ2n) is 9.66. The predicted molar refractivity (Wildman–Crippen MR) is 136 cm³/mol. The lowest BCUT2D eigenvalue weighted by Crippen LogP contribution is -2.40. The predicted octanol–water partition coefficient (Wildman–Crippen LogP) is 5.43. The van der Waals surface area contributed by atoms with Gasteiger partial charge in [-0.2, -0.15) is 0 Å². The topological polar surface area (TPSA) is 55.5 Å². The van der Waals surface area contributed by atoms with Crippen molar-refractivity contribution < 1.29 is 4.79 Å². The van der Waals surface area contributed by atoms with Crippen LogP contribution in [0.15, 0.2) is 77.7 Å². The molecule has 2 aromatic heterocycles. The van der Waals surface area contributed by atoms with Crippen LogP contribution in [0.1, 0.15) is 54.2 Å². The van der Waals surface area contributed by atoms with Crippen molar-refractivity contribution in [1.82, 2.24) is 14.3 Å². The van der Waals surface area contributed by atoms with Gasteiger partial charge < -0.3 is 9.72 Å². The summed E-state index contributed by atoms with van der Waals surface area (Å²) < 4.78 is 3.49. The summed E-state index contributed by atoms with van der Waals surface area (Å²) in [7, 11) is 0. The van der Waals surface area contributed by atoms with Gasteiger partial charge in [0.1, 0.15) is 11.2 Å². The number of carbonyl (C=O) groups is 1. The van der Waals surface area contributed by atoms with Crippen LogP contribution in [-0.2, 0) is 6.54 Å². The lowest BCUT2D eigenvalue weighted by Gasteiger charge is -2.27. The largest absolute Gasteiger partial charge is 0.348 e. The molecule has 34 heavy (non-hydrogen) atoms. The fraction of sp³-hybridized carbons (Fsp3) is 0.310. The van der Waals surface area contributed by atoms with Gasteiger partial charge in [-0.3, -0.25) is 14.2 Å². The minimum atomic E-state index is -0.182. The van der Waals surface area contributed by atoms with Gasteiger partial charge in [-0.25, -0.2) is 0 Å². The lowest BCUT2D eigenvalue weighted by atomic mass is 9.87. The summed E-state index contributed by atoms with van der Waals surface area (Å²) in [6.07, 6.45) is 6.04. The van der Waals surface area contributed by atoms with Crippen molar-refractivity contribution in [3.8, 4) is 11.3 Å². The number of nitrogens with one attached hydrogen (secondary N) is 1. The molecule has 0 spiro atoms. The SMILES string of the molecule is Cc1cccc(Cn2c(C(=O)NC3CCC(C)CC3)cn3c(-c4ccccc4)ccc3c2=O)c1. The van der Waals surface area contributed by atoms with E-state index in [4.69, 9.17) is 0 Å². The number of hydrogen-bond acceptors (Lipinski definition) is 2. The zero-order valence-electron chi connectivity index (χ0n) is 19.8. The van der Waals surface area contributed by atoms with E-state index in [1.54, 1.807) is 4.57 Å². The van der Waals surface area contributed by atoms with Gasteiger partial charge in [0.2, 0.25) is 0 Å². The Morgan fingerprint density at radius 3 is 2.47 bits per heavy atom. The molecule has 0 atom stereocenters. The van der Waals surface area contributed by atoms with Gasteiger partial charge in [-0.15, -0.1) is 0 Å². The number of aryl methyl sites for hydroxylation is 1. The molecule has 0 bridgehead atoms. The molecule has 1 aliphatic carbocycles. The van der Waals surface area contributed by atoms with Crippen LogP contribution in [-0.4, -0.2) is 20.9 Å². The first-order valence-electron chi connectivity index (χ1n) is 12.2. The summed E-state index contributed by atoms with van der Waals surface area (Å²) in [5.41, 5.74) is 4.83. The van der Waals surface area contributed by atoms with Crippen molar-refractivity contribution in [2.75, 3.05) is 0 Å². The lowest BCUT2D eigenvalue weighted by molar-refractivity contribution is 0.0912. The molecule has 2 heterocycles. The smallest absolute Gasteiger partial charge is 0.275 e. The molecule has 1 aliphatic rings. The van der Waals surface area contributed by atoms with Crippen LogP contribution in [0.3, 0.4) is 0 Å². The van der Waals surface area contributed by atoms with Gasteiger partial charge in [0, 0.05) is 12.2 Å². The standard InChI is InChI=1S/C29H31N3O2/c1-20-11-13-24(14-12-20)30-28(33)27-19-31-25(23-9-4-3-5-10-23)15-16-26(31)29(34)32(27)18-22-8-6-7-21(2)17-22/h3-10,15-17,19-20,24H,11-14,18H2,1-2H3,(H,30,33). The van der Waals surface area contributed by atoms with Crippen LogP contribution in [0.25, 0.3) is 16.8 Å². The van der Waals surface area contributed by atoms with Crippen molar-refractivity contribution in [1.29, 1.82) is 0 Å². The van der Waals surface area contributed by atoms with Crippen LogP contribution < -0.4 is 10.9 Å². The van der Waals surface area contributed by atoms with Gasteiger partial charge in [0.15, 0.2) is 0 Å². The Kier molecular flexibility index (Phi) is 6.10. The average molecular weight is 454 g/mol. The van der Waals surface area contributed by atoms with Gasteiger partial charge in [-0.05, 0) is 61.8 Å². The maximum Gasteiger partial charge on any atom is 0.275 e. The number of nitrogens with zero attached hydrogens (tertiary/aromatic N) is 2. The van der Waals surface area contributed by atoms with Gasteiger partial charge in [-0.1, -0.05) is 67.1 Å². The van der Waals surface area contributed by atoms with Crippen molar-refractivity contribution in [3.05, 3.63) is 100 Å². The minimum absolute atomic E-state index is 0.153. The molecule has 5 nitrogen and oxygen atoms in total. The van der Waals surface area contributed by atoms with E-state index in [1.165, 1.54) is 0 Å². The monoisotopic (exact) mass is 453 g/mol. The zero-order chi connectivity index (χ0) is 23.7. The molecular weight excluding hydrogens is 422 g/mol. The maximum atomic E-state index is 13.7. The third-order valence-electron chi connectivity index (χ3n) is 7.00. The second kappa shape index (κ2) is 9.34. The summed E-state index contributed by atoms with van der Waals surface area (Å²) in [6, 6.07) is 22.0. The third-order valence-corrected chi connectivity index (χ3v) is 7.00. The van der Waals surface area contributed by atoms with E-state index in [0.29, 0.717) is 23.7 Å². The minimum Gasteiger partial charge on any atom is -0.348 e. The summed E-state index contributed by atoms with van der Waals surface area (Å²) >= 11 is 0. The zero-order valence-corrected chi connectivity index (χ0v) is 19.8. The van der Waals surface area contributed by atoms with Crippen molar-refractivity contribution in [3.63, 3.8) is 0 Å². The van der Waals surface area contributed by atoms with Crippen LogP contribution >= 0.6 is 0 Å². The first-order chi connectivity index (χ1) is 16.5. The van der Waals surface area contributed by atoms with Crippen LogP contribution in [0, 0.1) is 12.8 Å². The van der Waals surface area contributed by atoms with Crippen LogP contribution in [0.5, 0.6) is 0 Å². The number of carbonyl (C=O) groups excluding carboxylic acids is 1. The molecule has 4 aromatic rings. The van der Waals surface area contributed by atoms with Crippen LogP contribution in [0.2, 0.25) is 0 Å². The van der Waals surface area contributed by atoms with Crippen LogP contribution in [0.4, 0.5) is 0 Å². The first kappa shape index (κ1) is 22.2. The fourth-order valence-corrected chi connectivity index (χ4v) is 5.04. The van der Waals surface area contributed by atoms with E-state index in [9.17, 15) is 9.59 Å². The molecule has 0 saturated heterocycles. The van der Waals surface area contributed by atoms with E-state index >= 15 is 0 Å². The van der Waals surface area contributed by atoms with Crippen molar-refractivity contribution >= 4 is 11.4 Å². The molecule has 0 radical (unpaired) electrons. The highest BCUT2D eigenvalue weighted by Crippen LogP contribution is 2.25.